The van der Waals surface area contributed by atoms with E-state index < -0.39 is 0 Å². The summed E-state index contributed by atoms with van der Waals surface area (Å²) >= 11 is 1.85. The molecule has 0 amide bonds. The first kappa shape index (κ1) is 10.9. The summed E-state index contributed by atoms with van der Waals surface area (Å²) in [5.41, 5.74) is 8.12. The number of thiophene rings is 1. The van der Waals surface area contributed by atoms with Crippen molar-refractivity contribution in [1.29, 1.82) is 0 Å². The third kappa shape index (κ3) is 1.89. The zero-order valence-electron chi connectivity index (χ0n) is 9.70. The second-order valence-corrected chi connectivity index (χ2v) is 5.43. The summed E-state index contributed by atoms with van der Waals surface area (Å²) in [5.74, 6) is 0.944. The van der Waals surface area contributed by atoms with E-state index in [0.717, 1.165) is 17.9 Å². The number of aryl methyl sites for hydroxylation is 2. The molecule has 4 nitrogen and oxygen atoms in total. The average molecular weight is 248 g/mol. The lowest BCUT2D eigenvalue weighted by atomic mass is 9.98. The smallest absolute Gasteiger partial charge is 0.147 e. The number of aromatic nitrogens is 2. The summed E-state index contributed by atoms with van der Waals surface area (Å²) in [6.45, 7) is 1.38. The van der Waals surface area contributed by atoms with Crippen molar-refractivity contribution in [2.45, 2.75) is 25.7 Å². The normalized spacial score (nSPS) is 14.9. The summed E-state index contributed by atoms with van der Waals surface area (Å²) in [6.07, 6.45) is 6.62. The SMILES string of the molecule is NCCNc1ncnc2c3c(sc12)CCCC3. The Kier molecular flexibility index (Phi) is 2.94. The Balaban J connectivity index is 2.09. The summed E-state index contributed by atoms with van der Waals surface area (Å²) in [4.78, 5) is 10.3. The quantitative estimate of drug-likeness (QED) is 0.871. The fourth-order valence-electron chi connectivity index (χ4n) is 2.37. The molecular formula is C12H16N4S. The fourth-order valence-corrected chi connectivity index (χ4v) is 3.67. The standard InChI is InChI=1S/C12H16N4S/c13-5-6-14-12-11-10(15-7-16-12)8-3-1-2-4-9(8)17-11/h7H,1-6,13H2,(H,14,15,16). The minimum absolute atomic E-state index is 0.622. The van der Waals surface area contributed by atoms with Gasteiger partial charge >= 0.3 is 0 Å². The summed E-state index contributed by atoms with van der Waals surface area (Å²) in [7, 11) is 0. The number of nitrogens with two attached hydrogens (primary N) is 1. The molecule has 3 N–H and O–H groups in total. The lowest BCUT2D eigenvalue weighted by Gasteiger charge is -2.09. The average Bonchev–Trinajstić information content (AvgIpc) is 2.75. The van der Waals surface area contributed by atoms with Crippen LogP contribution in [0.2, 0.25) is 0 Å². The van der Waals surface area contributed by atoms with Crippen LogP contribution in [0.15, 0.2) is 6.33 Å². The number of rotatable bonds is 3. The maximum Gasteiger partial charge on any atom is 0.147 e. The molecule has 0 atom stereocenters. The predicted octanol–water partition coefficient (Wildman–Crippen LogP) is 1.94. The van der Waals surface area contributed by atoms with Crippen LogP contribution in [0.4, 0.5) is 5.82 Å². The number of hydrogen-bond acceptors (Lipinski definition) is 5. The number of nitrogens with zero attached hydrogens (tertiary/aromatic N) is 2. The van der Waals surface area contributed by atoms with E-state index >= 15 is 0 Å². The van der Waals surface area contributed by atoms with Crippen LogP contribution >= 0.6 is 11.3 Å². The number of anilines is 1. The summed E-state index contributed by atoms with van der Waals surface area (Å²) < 4.78 is 1.20. The van der Waals surface area contributed by atoms with E-state index in [1.807, 2.05) is 11.3 Å². The second kappa shape index (κ2) is 4.58. The molecule has 3 rings (SSSR count). The maximum atomic E-state index is 5.52. The van der Waals surface area contributed by atoms with Crippen LogP contribution in [0.3, 0.4) is 0 Å². The van der Waals surface area contributed by atoms with Gasteiger partial charge in [-0.1, -0.05) is 0 Å². The van der Waals surface area contributed by atoms with Crippen molar-refractivity contribution in [1.82, 2.24) is 9.97 Å². The molecule has 0 radical (unpaired) electrons. The third-order valence-electron chi connectivity index (χ3n) is 3.17. The first-order chi connectivity index (χ1) is 8.40. The third-order valence-corrected chi connectivity index (χ3v) is 4.46. The Hall–Kier alpha value is -1.20. The molecule has 2 heterocycles. The van der Waals surface area contributed by atoms with Crippen molar-refractivity contribution in [3.05, 3.63) is 16.8 Å². The van der Waals surface area contributed by atoms with Gasteiger partial charge in [0.25, 0.3) is 0 Å². The van der Waals surface area contributed by atoms with Gasteiger partial charge in [0.2, 0.25) is 0 Å². The Morgan fingerprint density at radius 3 is 3.06 bits per heavy atom. The minimum atomic E-state index is 0.622. The lowest BCUT2D eigenvalue weighted by Crippen LogP contribution is -2.13. The highest BCUT2D eigenvalue weighted by atomic mass is 32.1. The van der Waals surface area contributed by atoms with Gasteiger partial charge in [-0.15, -0.1) is 11.3 Å². The van der Waals surface area contributed by atoms with E-state index in [4.69, 9.17) is 5.73 Å². The van der Waals surface area contributed by atoms with E-state index in [0.29, 0.717) is 6.54 Å². The molecule has 0 spiro atoms. The maximum absolute atomic E-state index is 5.52. The van der Waals surface area contributed by atoms with Crippen LogP contribution in [0.1, 0.15) is 23.3 Å². The van der Waals surface area contributed by atoms with Gasteiger partial charge in [0.1, 0.15) is 12.1 Å². The zero-order valence-corrected chi connectivity index (χ0v) is 10.5. The molecule has 1 aliphatic carbocycles. The Labute approximate surface area is 104 Å². The van der Waals surface area contributed by atoms with E-state index in [1.165, 1.54) is 40.8 Å². The number of fused-ring (bicyclic) bond motifs is 3. The van der Waals surface area contributed by atoms with Crippen molar-refractivity contribution in [2.75, 3.05) is 18.4 Å². The molecule has 0 saturated heterocycles. The van der Waals surface area contributed by atoms with Crippen LogP contribution in [0, 0.1) is 0 Å². The molecule has 0 unspecified atom stereocenters. The molecule has 1 aliphatic rings. The molecule has 90 valence electrons. The molecule has 2 aromatic heterocycles. The minimum Gasteiger partial charge on any atom is -0.368 e. The molecule has 0 aliphatic heterocycles. The summed E-state index contributed by atoms with van der Waals surface area (Å²) in [6, 6.07) is 0. The van der Waals surface area contributed by atoms with Crippen LogP contribution in [0.25, 0.3) is 10.2 Å². The molecule has 2 aromatic rings. The Bertz CT molecular complexity index is 535. The summed E-state index contributed by atoms with van der Waals surface area (Å²) in [5, 5.41) is 3.28. The topological polar surface area (TPSA) is 63.8 Å². The van der Waals surface area contributed by atoms with Crippen molar-refractivity contribution < 1.29 is 0 Å². The lowest BCUT2D eigenvalue weighted by molar-refractivity contribution is 0.699. The van der Waals surface area contributed by atoms with E-state index in [1.54, 1.807) is 6.33 Å². The van der Waals surface area contributed by atoms with Gasteiger partial charge in [0, 0.05) is 18.0 Å². The van der Waals surface area contributed by atoms with Gasteiger partial charge in [-0.3, -0.25) is 0 Å². The van der Waals surface area contributed by atoms with Gasteiger partial charge in [-0.2, -0.15) is 0 Å². The van der Waals surface area contributed by atoms with Crippen molar-refractivity contribution in [3.63, 3.8) is 0 Å². The largest absolute Gasteiger partial charge is 0.368 e. The highest BCUT2D eigenvalue weighted by Crippen LogP contribution is 2.37. The Morgan fingerprint density at radius 1 is 1.29 bits per heavy atom. The second-order valence-electron chi connectivity index (χ2n) is 4.33. The van der Waals surface area contributed by atoms with Crippen LogP contribution < -0.4 is 11.1 Å². The molecule has 0 bridgehead atoms. The van der Waals surface area contributed by atoms with Gasteiger partial charge in [-0.25, -0.2) is 9.97 Å². The zero-order chi connectivity index (χ0) is 11.7. The molecule has 0 aromatic carbocycles. The Morgan fingerprint density at radius 2 is 2.18 bits per heavy atom. The number of nitrogens with one attached hydrogen (secondary N) is 1. The highest BCUT2D eigenvalue weighted by molar-refractivity contribution is 7.19. The van der Waals surface area contributed by atoms with Crippen molar-refractivity contribution in [2.24, 2.45) is 5.73 Å². The van der Waals surface area contributed by atoms with Gasteiger partial charge in [-0.05, 0) is 31.2 Å². The van der Waals surface area contributed by atoms with Crippen LogP contribution in [-0.2, 0) is 12.8 Å². The van der Waals surface area contributed by atoms with Gasteiger partial charge in [0.15, 0.2) is 0 Å². The number of hydrogen-bond donors (Lipinski definition) is 2. The van der Waals surface area contributed by atoms with E-state index in [-0.39, 0.29) is 0 Å². The van der Waals surface area contributed by atoms with Crippen molar-refractivity contribution >= 4 is 27.4 Å². The van der Waals surface area contributed by atoms with Crippen LogP contribution in [0.5, 0.6) is 0 Å². The molecular weight excluding hydrogens is 232 g/mol. The molecule has 5 heteroatoms. The van der Waals surface area contributed by atoms with Crippen molar-refractivity contribution in [3.8, 4) is 0 Å². The predicted molar refractivity (Wildman–Crippen MR) is 71.6 cm³/mol. The monoisotopic (exact) mass is 248 g/mol. The van der Waals surface area contributed by atoms with Crippen LogP contribution in [-0.4, -0.2) is 23.1 Å². The first-order valence-corrected chi connectivity index (χ1v) is 6.91. The van der Waals surface area contributed by atoms with E-state index in [9.17, 15) is 0 Å². The van der Waals surface area contributed by atoms with Gasteiger partial charge in [0.05, 0.1) is 10.2 Å². The highest BCUT2D eigenvalue weighted by Gasteiger charge is 2.18. The van der Waals surface area contributed by atoms with Gasteiger partial charge < -0.3 is 11.1 Å². The molecule has 0 saturated carbocycles. The first-order valence-electron chi connectivity index (χ1n) is 6.09. The molecule has 0 fully saturated rings. The molecule has 17 heavy (non-hydrogen) atoms. The fraction of sp³-hybridized carbons (Fsp3) is 0.500. The van der Waals surface area contributed by atoms with E-state index in [2.05, 4.69) is 15.3 Å².